The molecule has 0 fully saturated rings. The normalized spacial score (nSPS) is 16.4. The largest absolute Gasteiger partial charge is 0.373 e. The predicted molar refractivity (Wildman–Crippen MR) is 77.3 cm³/mol. The van der Waals surface area contributed by atoms with Gasteiger partial charge in [0.2, 0.25) is 5.91 Å². The van der Waals surface area contributed by atoms with Gasteiger partial charge in [-0.15, -0.1) is 0 Å². The molecule has 0 bridgehead atoms. The summed E-state index contributed by atoms with van der Waals surface area (Å²) in [4.78, 5) is 12.3. The molecule has 1 unspecified atom stereocenters. The Bertz CT molecular complexity index is 644. The van der Waals surface area contributed by atoms with Crippen LogP contribution in [0, 0.1) is 12.7 Å². The van der Waals surface area contributed by atoms with Crippen LogP contribution in [-0.4, -0.2) is 11.9 Å². The van der Waals surface area contributed by atoms with Crippen LogP contribution in [0.1, 0.15) is 11.1 Å². The maximum absolute atomic E-state index is 13.2. The topological polar surface area (TPSA) is 41.1 Å². The van der Waals surface area contributed by atoms with E-state index in [0.717, 1.165) is 16.8 Å². The van der Waals surface area contributed by atoms with Crippen LogP contribution in [0.3, 0.4) is 0 Å². The molecular formula is C16H15FN2O. The van der Waals surface area contributed by atoms with Gasteiger partial charge in [-0.2, -0.15) is 0 Å². The number of anilines is 2. The molecule has 4 heteroatoms. The summed E-state index contributed by atoms with van der Waals surface area (Å²) < 4.78 is 13.2. The van der Waals surface area contributed by atoms with E-state index in [1.54, 1.807) is 6.07 Å². The number of benzene rings is 2. The van der Waals surface area contributed by atoms with E-state index >= 15 is 0 Å². The number of hydrogen-bond acceptors (Lipinski definition) is 2. The zero-order chi connectivity index (χ0) is 14.1. The fraction of sp³-hybridized carbons (Fsp3) is 0.188. The molecule has 1 heterocycles. The molecule has 0 aliphatic carbocycles. The van der Waals surface area contributed by atoms with Crippen LogP contribution in [0.25, 0.3) is 0 Å². The van der Waals surface area contributed by atoms with Crippen molar-refractivity contribution in [3.63, 3.8) is 0 Å². The van der Waals surface area contributed by atoms with E-state index in [9.17, 15) is 9.18 Å². The second kappa shape index (κ2) is 4.96. The number of halogens is 1. The van der Waals surface area contributed by atoms with Crippen molar-refractivity contribution in [3.05, 3.63) is 59.4 Å². The summed E-state index contributed by atoms with van der Waals surface area (Å²) in [5, 5.41) is 5.97. The molecule has 3 rings (SSSR count). The zero-order valence-corrected chi connectivity index (χ0v) is 11.1. The molecule has 3 nitrogen and oxygen atoms in total. The minimum absolute atomic E-state index is 0.144. The Morgan fingerprint density at radius 3 is 2.90 bits per heavy atom. The SMILES string of the molecule is Cc1ccc(F)cc1NC(=O)C1Cc2ccccc2N1. The van der Waals surface area contributed by atoms with Crippen LogP contribution in [0.15, 0.2) is 42.5 Å². The number of fused-ring (bicyclic) bond motifs is 1. The predicted octanol–water partition coefficient (Wildman–Crippen LogP) is 3.11. The maximum Gasteiger partial charge on any atom is 0.247 e. The van der Waals surface area contributed by atoms with Gasteiger partial charge in [-0.1, -0.05) is 24.3 Å². The van der Waals surface area contributed by atoms with Crippen LogP contribution in [0.5, 0.6) is 0 Å². The first-order chi connectivity index (χ1) is 9.63. The van der Waals surface area contributed by atoms with Gasteiger partial charge in [0.25, 0.3) is 0 Å². The van der Waals surface area contributed by atoms with Gasteiger partial charge < -0.3 is 10.6 Å². The highest BCUT2D eigenvalue weighted by Gasteiger charge is 2.26. The Kier molecular flexibility index (Phi) is 3.14. The van der Waals surface area contributed by atoms with Crippen LogP contribution in [0.2, 0.25) is 0 Å². The molecular weight excluding hydrogens is 255 g/mol. The summed E-state index contributed by atoms with van der Waals surface area (Å²) >= 11 is 0. The summed E-state index contributed by atoms with van der Waals surface area (Å²) in [7, 11) is 0. The lowest BCUT2D eigenvalue weighted by Gasteiger charge is -2.13. The number of nitrogens with one attached hydrogen (secondary N) is 2. The fourth-order valence-electron chi connectivity index (χ4n) is 2.40. The highest BCUT2D eigenvalue weighted by molar-refractivity contribution is 5.98. The van der Waals surface area contributed by atoms with Crippen molar-refractivity contribution in [3.8, 4) is 0 Å². The first kappa shape index (κ1) is 12.7. The van der Waals surface area contributed by atoms with Crippen LogP contribution < -0.4 is 10.6 Å². The van der Waals surface area contributed by atoms with Gasteiger partial charge in [0.05, 0.1) is 0 Å². The molecule has 0 radical (unpaired) electrons. The van der Waals surface area contributed by atoms with Crippen LogP contribution in [0.4, 0.5) is 15.8 Å². The second-order valence-electron chi connectivity index (χ2n) is 5.01. The Morgan fingerprint density at radius 2 is 2.10 bits per heavy atom. The van der Waals surface area contributed by atoms with E-state index in [2.05, 4.69) is 10.6 Å². The van der Waals surface area contributed by atoms with E-state index < -0.39 is 0 Å². The summed E-state index contributed by atoms with van der Waals surface area (Å²) in [5.74, 6) is -0.497. The summed E-state index contributed by atoms with van der Waals surface area (Å²) in [6.45, 7) is 1.84. The molecule has 2 aromatic rings. The number of carbonyl (C=O) groups is 1. The van der Waals surface area contributed by atoms with E-state index in [4.69, 9.17) is 0 Å². The third-order valence-corrected chi connectivity index (χ3v) is 3.55. The third kappa shape index (κ3) is 2.37. The minimum Gasteiger partial charge on any atom is -0.373 e. The molecule has 0 saturated heterocycles. The Hall–Kier alpha value is -2.36. The van der Waals surface area contributed by atoms with Crippen LogP contribution in [-0.2, 0) is 11.2 Å². The highest BCUT2D eigenvalue weighted by atomic mass is 19.1. The minimum atomic E-state index is -0.353. The average molecular weight is 270 g/mol. The molecule has 102 valence electrons. The monoisotopic (exact) mass is 270 g/mol. The van der Waals surface area contributed by atoms with E-state index in [1.807, 2.05) is 31.2 Å². The van der Waals surface area contributed by atoms with Gasteiger partial charge in [0.15, 0.2) is 0 Å². The second-order valence-corrected chi connectivity index (χ2v) is 5.01. The molecule has 0 aromatic heterocycles. The first-order valence-corrected chi connectivity index (χ1v) is 6.55. The van der Waals surface area contributed by atoms with Crippen LogP contribution >= 0.6 is 0 Å². The highest BCUT2D eigenvalue weighted by Crippen LogP contribution is 2.26. The lowest BCUT2D eigenvalue weighted by Crippen LogP contribution is -2.33. The van der Waals surface area contributed by atoms with E-state index in [0.29, 0.717) is 12.1 Å². The van der Waals surface area contributed by atoms with Gasteiger partial charge in [0, 0.05) is 17.8 Å². The van der Waals surface area contributed by atoms with Gasteiger partial charge in [0.1, 0.15) is 11.9 Å². The number of carbonyl (C=O) groups excluding carboxylic acids is 1. The molecule has 2 aromatic carbocycles. The quantitative estimate of drug-likeness (QED) is 0.880. The number of amides is 1. The van der Waals surface area contributed by atoms with Gasteiger partial charge in [-0.05, 0) is 36.2 Å². The summed E-state index contributed by atoms with van der Waals surface area (Å²) in [5.41, 5.74) is 3.48. The molecule has 1 aliphatic heterocycles. The molecule has 2 N–H and O–H groups in total. The van der Waals surface area contributed by atoms with Gasteiger partial charge >= 0.3 is 0 Å². The zero-order valence-electron chi connectivity index (χ0n) is 11.1. The fourth-order valence-corrected chi connectivity index (χ4v) is 2.40. The number of rotatable bonds is 2. The van der Waals surface area contributed by atoms with Crippen molar-refractivity contribution < 1.29 is 9.18 Å². The Balaban J connectivity index is 1.74. The Morgan fingerprint density at radius 1 is 1.30 bits per heavy atom. The number of para-hydroxylation sites is 1. The van der Waals surface area contributed by atoms with Gasteiger partial charge in [-0.25, -0.2) is 4.39 Å². The van der Waals surface area contributed by atoms with Crippen molar-refractivity contribution in [2.24, 2.45) is 0 Å². The van der Waals surface area contributed by atoms with Crippen molar-refractivity contribution in [1.82, 2.24) is 0 Å². The lowest BCUT2D eigenvalue weighted by atomic mass is 10.1. The van der Waals surface area contributed by atoms with Gasteiger partial charge in [-0.3, -0.25) is 4.79 Å². The van der Waals surface area contributed by atoms with Crippen molar-refractivity contribution in [2.45, 2.75) is 19.4 Å². The first-order valence-electron chi connectivity index (χ1n) is 6.55. The van der Waals surface area contributed by atoms with Crippen molar-refractivity contribution in [2.75, 3.05) is 10.6 Å². The number of hydrogen-bond donors (Lipinski definition) is 2. The third-order valence-electron chi connectivity index (χ3n) is 3.55. The molecule has 1 atom stereocenters. The molecule has 1 aliphatic rings. The molecule has 0 spiro atoms. The Labute approximate surface area is 116 Å². The summed E-state index contributed by atoms with van der Waals surface area (Å²) in [6.07, 6.45) is 0.649. The van der Waals surface area contributed by atoms with E-state index in [-0.39, 0.29) is 17.8 Å². The maximum atomic E-state index is 13.2. The summed E-state index contributed by atoms with van der Waals surface area (Å²) in [6, 6.07) is 11.9. The average Bonchev–Trinajstić information content (AvgIpc) is 2.87. The van der Waals surface area contributed by atoms with Crippen molar-refractivity contribution in [1.29, 1.82) is 0 Å². The standard InChI is InChI=1S/C16H15FN2O/c1-10-6-7-12(17)9-14(10)19-16(20)15-8-11-4-2-3-5-13(11)18-15/h2-7,9,15,18H,8H2,1H3,(H,19,20). The lowest BCUT2D eigenvalue weighted by molar-refractivity contribution is -0.116. The number of aryl methyl sites for hydroxylation is 1. The van der Waals surface area contributed by atoms with Crippen molar-refractivity contribution >= 4 is 17.3 Å². The smallest absolute Gasteiger partial charge is 0.247 e. The molecule has 0 saturated carbocycles. The van der Waals surface area contributed by atoms with E-state index in [1.165, 1.54) is 12.1 Å². The molecule has 1 amide bonds. The molecule has 20 heavy (non-hydrogen) atoms.